The molecule has 0 aliphatic rings. The van der Waals surface area contributed by atoms with E-state index in [2.05, 4.69) is 15.4 Å². The van der Waals surface area contributed by atoms with Crippen LogP contribution in [-0.2, 0) is 10.0 Å². The lowest BCUT2D eigenvalue weighted by molar-refractivity contribution is 0.0950. The Labute approximate surface area is 156 Å². The summed E-state index contributed by atoms with van der Waals surface area (Å²) in [5, 5.41) is 5.97. The molecule has 1 atom stereocenters. The molecule has 0 fully saturated rings. The molecule has 0 aliphatic heterocycles. The highest BCUT2D eigenvalue weighted by atomic mass is 35.5. The van der Waals surface area contributed by atoms with Gasteiger partial charge in [0.2, 0.25) is 10.0 Å². The van der Waals surface area contributed by atoms with Crippen molar-refractivity contribution in [3.05, 3.63) is 23.8 Å². The number of methoxy groups -OCH3 is 1. The first-order valence-electron chi connectivity index (χ1n) is 7.93. The molecule has 0 spiro atoms. The highest BCUT2D eigenvalue weighted by Gasteiger charge is 2.22. The third-order valence-electron chi connectivity index (χ3n) is 3.23. The molecular weight excluding hydrogens is 366 g/mol. The summed E-state index contributed by atoms with van der Waals surface area (Å²) in [5.74, 6) is -0.135. The van der Waals surface area contributed by atoms with E-state index < -0.39 is 10.0 Å². The Morgan fingerprint density at radius 3 is 2.40 bits per heavy atom. The van der Waals surface area contributed by atoms with Crippen LogP contribution in [0.3, 0.4) is 0 Å². The van der Waals surface area contributed by atoms with Crippen LogP contribution in [-0.4, -0.2) is 46.6 Å². The normalized spacial score (nSPS) is 12.4. The van der Waals surface area contributed by atoms with Crippen molar-refractivity contribution in [3.8, 4) is 5.75 Å². The molecule has 0 heterocycles. The van der Waals surface area contributed by atoms with Crippen molar-refractivity contribution in [2.75, 3.05) is 20.2 Å². The van der Waals surface area contributed by atoms with E-state index in [9.17, 15) is 13.2 Å². The Kier molecular flexibility index (Phi) is 10.0. The van der Waals surface area contributed by atoms with Gasteiger partial charge in [-0.3, -0.25) is 4.79 Å². The third-order valence-corrected chi connectivity index (χ3v) is 4.91. The van der Waals surface area contributed by atoms with Gasteiger partial charge in [-0.15, -0.1) is 12.4 Å². The number of benzene rings is 1. The molecule has 0 aliphatic carbocycles. The minimum absolute atomic E-state index is 0. The maximum absolute atomic E-state index is 12.4. The number of carbonyl (C=O) groups is 1. The van der Waals surface area contributed by atoms with E-state index in [-0.39, 0.29) is 46.6 Å². The number of hydrogen-bond donors (Lipinski definition) is 3. The largest absolute Gasteiger partial charge is 0.495 e. The first-order valence-corrected chi connectivity index (χ1v) is 9.41. The Morgan fingerprint density at radius 2 is 1.88 bits per heavy atom. The molecule has 144 valence electrons. The zero-order chi connectivity index (χ0) is 18.3. The fourth-order valence-electron chi connectivity index (χ4n) is 2.17. The Hall–Kier alpha value is -1.35. The monoisotopic (exact) mass is 393 g/mol. The van der Waals surface area contributed by atoms with Crippen LogP contribution in [0.4, 0.5) is 0 Å². The number of halogens is 1. The van der Waals surface area contributed by atoms with Crippen LogP contribution in [0.1, 0.15) is 38.1 Å². The summed E-state index contributed by atoms with van der Waals surface area (Å²) in [5.41, 5.74) is 0.267. The van der Waals surface area contributed by atoms with Crippen molar-refractivity contribution in [1.29, 1.82) is 0 Å². The molecule has 3 N–H and O–H groups in total. The molecule has 1 amide bonds. The van der Waals surface area contributed by atoms with Crippen molar-refractivity contribution in [2.24, 2.45) is 0 Å². The van der Waals surface area contributed by atoms with Gasteiger partial charge in [0.1, 0.15) is 10.6 Å². The SMILES string of the molecule is CCN[C@H](C)CNC(=O)c1ccc(OC)c(S(=O)(=O)NC(C)C)c1.Cl. The minimum Gasteiger partial charge on any atom is -0.495 e. The Balaban J connectivity index is 0.00000576. The van der Waals surface area contributed by atoms with Crippen LogP contribution in [0.5, 0.6) is 5.75 Å². The highest BCUT2D eigenvalue weighted by Crippen LogP contribution is 2.25. The molecule has 1 aromatic carbocycles. The van der Waals surface area contributed by atoms with Gasteiger partial charge in [-0.1, -0.05) is 6.92 Å². The van der Waals surface area contributed by atoms with Crippen LogP contribution >= 0.6 is 12.4 Å². The number of rotatable bonds is 9. The van der Waals surface area contributed by atoms with Crippen molar-refractivity contribution >= 4 is 28.3 Å². The van der Waals surface area contributed by atoms with E-state index in [0.717, 1.165) is 6.54 Å². The summed E-state index contributed by atoms with van der Waals surface area (Å²) in [6.07, 6.45) is 0. The maximum atomic E-state index is 12.4. The average molecular weight is 394 g/mol. The first-order chi connectivity index (χ1) is 11.2. The van der Waals surface area contributed by atoms with Crippen LogP contribution < -0.4 is 20.1 Å². The Bertz CT molecular complexity index is 665. The predicted octanol–water partition coefficient (Wildman–Crippen LogP) is 1.53. The quantitative estimate of drug-likeness (QED) is 0.591. The highest BCUT2D eigenvalue weighted by molar-refractivity contribution is 7.89. The molecule has 0 radical (unpaired) electrons. The first kappa shape index (κ1) is 23.6. The molecule has 9 heteroatoms. The fourth-order valence-corrected chi connectivity index (χ4v) is 3.62. The van der Waals surface area contributed by atoms with Crippen LogP contribution in [0.2, 0.25) is 0 Å². The summed E-state index contributed by atoms with van der Waals surface area (Å²) in [4.78, 5) is 12.2. The summed E-state index contributed by atoms with van der Waals surface area (Å²) in [6.45, 7) is 8.65. The van der Waals surface area contributed by atoms with Crippen molar-refractivity contribution in [2.45, 2.75) is 44.7 Å². The number of carbonyl (C=O) groups excluding carboxylic acids is 1. The molecule has 7 nitrogen and oxygen atoms in total. The van der Waals surface area contributed by atoms with Gasteiger partial charge in [0.25, 0.3) is 5.91 Å². The summed E-state index contributed by atoms with van der Waals surface area (Å²) in [7, 11) is -2.38. The number of hydrogen-bond acceptors (Lipinski definition) is 5. The van der Waals surface area contributed by atoms with Crippen molar-refractivity contribution in [3.63, 3.8) is 0 Å². The second kappa shape index (κ2) is 10.6. The number of likely N-dealkylation sites (N-methyl/N-ethyl adjacent to an activating group) is 1. The van der Waals surface area contributed by atoms with E-state index in [1.54, 1.807) is 19.9 Å². The van der Waals surface area contributed by atoms with E-state index in [1.165, 1.54) is 19.2 Å². The zero-order valence-electron chi connectivity index (χ0n) is 15.3. The standard InChI is InChI=1S/C16H27N3O4S.ClH/c1-6-17-12(4)10-18-16(20)13-7-8-14(23-5)15(9-13)24(21,22)19-11(2)3;/h7-9,11-12,17,19H,6,10H2,1-5H3,(H,18,20);1H/t12-;/m1./s1. The molecule has 1 rings (SSSR count). The van der Waals surface area contributed by atoms with Gasteiger partial charge < -0.3 is 15.4 Å². The molecule has 0 saturated carbocycles. The van der Waals surface area contributed by atoms with Crippen molar-refractivity contribution in [1.82, 2.24) is 15.4 Å². The zero-order valence-corrected chi connectivity index (χ0v) is 16.9. The number of amides is 1. The van der Waals surface area contributed by atoms with E-state index in [0.29, 0.717) is 6.54 Å². The lowest BCUT2D eigenvalue weighted by Gasteiger charge is -2.15. The van der Waals surface area contributed by atoms with Crippen LogP contribution in [0, 0.1) is 0 Å². The summed E-state index contributed by atoms with van der Waals surface area (Å²) < 4.78 is 32.4. The average Bonchev–Trinajstić information content (AvgIpc) is 2.51. The Morgan fingerprint density at radius 1 is 1.24 bits per heavy atom. The molecule has 25 heavy (non-hydrogen) atoms. The minimum atomic E-state index is -3.77. The third kappa shape index (κ3) is 7.19. The van der Waals surface area contributed by atoms with Gasteiger partial charge in [-0.25, -0.2) is 13.1 Å². The molecular formula is C16H28ClN3O4S. The van der Waals surface area contributed by atoms with Crippen LogP contribution in [0.15, 0.2) is 23.1 Å². The maximum Gasteiger partial charge on any atom is 0.251 e. The predicted molar refractivity (Wildman–Crippen MR) is 101 cm³/mol. The number of sulfonamides is 1. The van der Waals surface area contributed by atoms with Crippen LogP contribution in [0.25, 0.3) is 0 Å². The topological polar surface area (TPSA) is 96.5 Å². The molecule has 0 unspecified atom stereocenters. The van der Waals surface area contributed by atoms with Gasteiger partial charge in [-0.2, -0.15) is 0 Å². The van der Waals surface area contributed by atoms with Gasteiger partial charge in [0.15, 0.2) is 0 Å². The molecule has 0 aromatic heterocycles. The lowest BCUT2D eigenvalue weighted by atomic mass is 10.2. The second-order valence-electron chi connectivity index (χ2n) is 5.81. The fraction of sp³-hybridized carbons (Fsp3) is 0.562. The molecule has 0 bridgehead atoms. The number of ether oxygens (including phenoxy) is 1. The van der Waals surface area contributed by atoms with Gasteiger partial charge in [0.05, 0.1) is 7.11 Å². The van der Waals surface area contributed by atoms with E-state index in [1.807, 2.05) is 13.8 Å². The van der Waals surface area contributed by atoms with E-state index >= 15 is 0 Å². The smallest absolute Gasteiger partial charge is 0.251 e. The van der Waals surface area contributed by atoms with Gasteiger partial charge in [-0.05, 0) is 45.5 Å². The summed E-state index contributed by atoms with van der Waals surface area (Å²) >= 11 is 0. The van der Waals surface area contributed by atoms with Crippen molar-refractivity contribution < 1.29 is 17.9 Å². The van der Waals surface area contributed by atoms with E-state index in [4.69, 9.17) is 4.74 Å². The lowest BCUT2D eigenvalue weighted by Crippen LogP contribution is -2.38. The summed E-state index contributed by atoms with van der Waals surface area (Å²) in [6, 6.07) is 4.22. The van der Waals surface area contributed by atoms with Gasteiger partial charge >= 0.3 is 0 Å². The number of nitrogens with one attached hydrogen (secondary N) is 3. The van der Waals surface area contributed by atoms with Gasteiger partial charge in [0, 0.05) is 24.2 Å². The molecule has 0 saturated heterocycles. The molecule has 1 aromatic rings. The second-order valence-corrected chi connectivity index (χ2v) is 7.49.